The summed E-state index contributed by atoms with van der Waals surface area (Å²) in [6, 6.07) is 14.0. The van der Waals surface area contributed by atoms with Gasteiger partial charge < -0.3 is 15.1 Å². The van der Waals surface area contributed by atoms with Gasteiger partial charge in [0.2, 0.25) is 17.7 Å². The number of anilines is 1. The molecule has 1 aliphatic rings. The molecule has 4 amide bonds. The summed E-state index contributed by atoms with van der Waals surface area (Å²) in [6.07, 6.45) is 0.439. The second kappa shape index (κ2) is 8.02. The molecule has 1 atom stereocenters. The molecule has 2 heterocycles. The van der Waals surface area contributed by atoms with Gasteiger partial charge in [0, 0.05) is 24.1 Å². The molecule has 1 aromatic heterocycles. The molecule has 4 rings (SSSR count). The summed E-state index contributed by atoms with van der Waals surface area (Å²) in [4.78, 5) is 36.0. The number of aryl methyl sites for hydroxylation is 2. The second-order valence-electron chi connectivity index (χ2n) is 7.53. The van der Waals surface area contributed by atoms with E-state index in [9.17, 15) is 14.4 Å². The molecule has 3 N–H and O–H groups in total. The Balaban J connectivity index is 1.37. The summed E-state index contributed by atoms with van der Waals surface area (Å²) in [5.74, 6) is 0.101. The van der Waals surface area contributed by atoms with Gasteiger partial charge in [-0.05, 0) is 43.7 Å². The Labute approximate surface area is 178 Å². The Morgan fingerprint density at radius 3 is 2.61 bits per heavy atom. The molecule has 1 saturated heterocycles. The van der Waals surface area contributed by atoms with Crippen LogP contribution >= 0.6 is 0 Å². The summed E-state index contributed by atoms with van der Waals surface area (Å²) in [7, 11) is 0. The number of aromatic nitrogens is 2. The van der Waals surface area contributed by atoms with Crippen molar-refractivity contribution in [3.8, 4) is 11.5 Å². The van der Waals surface area contributed by atoms with Crippen molar-refractivity contribution in [2.45, 2.75) is 32.2 Å². The number of rotatable bonds is 6. The second-order valence-corrected chi connectivity index (χ2v) is 7.53. The lowest BCUT2D eigenvalue weighted by Crippen LogP contribution is -2.40. The first-order valence-electron chi connectivity index (χ1n) is 9.77. The number of hydrogen-bond donors (Lipinski definition) is 3. The van der Waals surface area contributed by atoms with Gasteiger partial charge in [0.05, 0.1) is 0 Å². The average Bonchev–Trinajstić information content (AvgIpc) is 3.31. The highest BCUT2D eigenvalue weighted by Gasteiger charge is 2.43. The zero-order chi connectivity index (χ0) is 22.0. The highest BCUT2D eigenvalue weighted by Crippen LogP contribution is 2.26. The Hall–Kier alpha value is -4.01. The number of amides is 4. The Morgan fingerprint density at radius 2 is 1.90 bits per heavy atom. The number of imide groups is 1. The van der Waals surface area contributed by atoms with Crippen molar-refractivity contribution >= 4 is 23.5 Å². The van der Waals surface area contributed by atoms with E-state index < -0.39 is 17.5 Å². The summed E-state index contributed by atoms with van der Waals surface area (Å²) < 4.78 is 5.65. The van der Waals surface area contributed by atoms with Crippen LogP contribution in [0.4, 0.5) is 10.5 Å². The number of nitrogens with zero attached hydrogens (tertiary/aromatic N) is 2. The van der Waals surface area contributed by atoms with Gasteiger partial charge in [0.25, 0.3) is 5.91 Å². The van der Waals surface area contributed by atoms with E-state index in [2.05, 4.69) is 26.1 Å². The minimum absolute atomic E-state index is 0.147. The lowest BCUT2D eigenvalue weighted by atomic mass is 9.92. The molecule has 0 saturated carbocycles. The van der Waals surface area contributed by atoms with Gasteiger partial charge in [0.1, 0.15) is 5.54 Å². The normalized spacial score (nSPS) is 17.9. The maximum absolute atomic E-state index is 12.4. The van der Waals surface area contributed by atoms with Crippen LogP contribution < -0.4 is 16.0 Å². The van der Waals surface area contributed by atoms with Crippen LogP contribution in [0.1, 0.15) is 30.4 Å². The standard InChI is InChI=1S/C22H21N5O4/c1-13-6-8-14(9-7-13)19-27-26-18(31-19)11-10-17(28)23-16-5-3-4-15(12-16)22(2)20(29)24-21(30)25-22/h3-9,12H,10-11H2,1-2H3,(H,23,28)(H2,24,25,29,30)/t22-/m0/s1. The van der Waals surface area contributed by atoms with Gasteiger partial charge in [-0.1, -0.05) is 29.8 Å². The predicted octanol–water partition coefficient (Wildman–Crippen LogP) is 2.67. The van der Waals surface area contributed by atoms with Crippen molar-refractivity contribution in [2.24, 2.45) is 0 Å². The summed E-state index contributed by atoms with van der Waals surface area (Å²) >= 11 is 0. The smallest absolute Gasteiger partial charge is 0.322 e. The Morgan fingerprint density at radius 1 is 1.13 bits per heavy atom. The molecule has 9 heteroatoms. The van der Waals surface area contributed by atoms with Crippen LogP contribution in [0.25, 0.3) is 11.5 Å². The van der Waals surface area contributed by atoms with Crippen LogP contribution in [0.2, 0.25) is 0 Å². The topological polar surface area (TPSA) is 126 Å². The molecular weight excluding hydrogens is 398 g/mol. The third kappa shape index (κ3) is 4.30. The van der Waals surface area contributed by atoms with Crippen LogP contribution in [-0.4, -0.2) is 28.0 Å². The molecule has 3 aromatic rings. The van der Waals surface area contributed by atoms with Crippen molar-refractivity contribution < 1.29 is 18.8 Å². The van der Waals surface area contributed by atoms with Crippen molar-refractivity contribution in [1.82, 2.24) is 20.8 Å². The van der Waals surface area contributed by atoms with Crippen LogP contribution in [0.3, 0.4) is 0 Å². The van der Waals surface area contributed by atoms with Crippen LogP contribution in [0.15, 0.2) is 52.9 Å². The monoisotopic (exact) mass is 419 g/mol. The molecule has 0 unspecified atom stereocenters. The van der Waals surface area contributed by atoms with E-state index in [1.165, 1.54) is 0 Å². The Bertz CT molecular complexity index is 1150. The van der Waals surface area contributed by atoms with E-state index >= 15 is 0 Å². The van der Waals surface area contributed by atoms with Gasteiger partial charge in [-0.25, -0.2) is 4.79 Å². The largest absolute Gasteiger partial charge is 0.421 e. The fourth-order valence-corrected chi connectivity index (χ4v) is 3.27. The van der Waals surface area contributed by atoms with Gasteiger partial charge in [-0.3, -0.25) is 14.9 Å². The van der Waals surface area contributed by atoms with Crippen LogP contribution in [0, 0.1) is 6.92 Å². The first-order chi connectivity index (χ1) is 14.8. The summed E-state index contributed by atoms with van der Waals surface area (Å²) in [5, 5.41) is 15.7. The van der Waals surface area contributed by atoms with Gasteiger partial charge in [-0.2, -0.15) is 0 Å². The third-order valence-corrected chi connectivity index (χ3v) is 5.10. The molecule has 9 nitrogen and oxygen atoms in total. The SMILES string of the molecule is Cc1ccc(-c2nnc(CCC(=O)Nc3cccc([C@]4(C)NC(=O)NC4=O)c3)o2)cc1. The quantitative estimate of drug-likeness (QED) is 0.527. The molecule has 0 radical (unpaired) electrons. The lowest BCUT2D eigenvalue weighted by molar-refractivity contribution is -0.123. The zero-order valence-corrected chi connectivity index (χ0v) is 17.1. The molecule has 158 valence electrons. The van der Waals surface area contributed by atoms with E-state index in [0.29, 0.717) is 29.5 Å². The van der Waals surface area contributed by atoms with Crippen molar-refractivity contribution in [3.05, 3.63) is 65.5 Å². The zero-order valence-electron chi connectivity index (χ0n) is 17.1. The van der Waals surface area contributed by atoms with Crippen molar-refractivity contribution in [1.29, 1.82) is 0 Å². The Kier molecular flexibility index (Phi) is 5.24. The number of carbonyl (C=O) groups is 3. The minimum Gasteiger partial charge on any atom is -0.421 e. The number of urea groups is 1. The van der Waals surface area contributed by atoms with E-state index in [0.717, 1.165) is 11.1 Å². The number of benzene rings is 2. The fourth-order valence-electron chi connectivity index (χ4n) is 3.27. The van der Waals surface area contributed by atoms with Gasteiger partial charge in [0.15, 0.2) is 0 Å². The first-order valence-corrected chi connectivity index (χ1v) is 9.77. The molecule has 1 fully saturated rings. The van der Waals surface area contributed by atoms with E-state index in [1.807, 2.05) is 31.2 Å². The molecule has 31 heavy (non-hydrogen) atoms. The molecule has 2 aromatic carbocycles. The number of nitrogens with one attached hydrogen (secondary N) is 3. The van der Waals surface area contributed by atoms with E-state index in [4.69, 9.17) is 4.42 Å². The molecule has 1 aliphatic heterocycles. The number of hydrogen-bond acceptors (Lipinski definition) is 6. The number of carbonyl (C=O) groups excluding carboxylic acids is 3. The molecule has 0 spiro atoms. The van der Waals surface area contributed by atoms with E-state index in [-0.39, 0.29) is 12.3 Å². The van der Waals surface area contributed by atoms with Crippen LogP contribution in [-0.2, 0) is 21.5 Å². The van der Waals surface area contributed by atoms with Crippen LogP contribution in [0.5, 0.6) is 0 Å². The fraction of sp³-hybridized carbons (Fsp3) is 0.227. The molecule has 0 bridgehead atoms. The third-order valence-electron chi connectivity index (χ3n) is 5.10. The lowest BCUT2D eigenvalue weighted by Gasteiger charge is -2.21. The summed E-state index contributed by atoms with van der Waals surface area (Å²) in [6.45, 7) is 3.60. The van der Waals surface area contributed by atoms with Crippen molar-refractivity contribution in [3.63, 3.8) is 0 Å². The van der Waals surface area contributed by atoms with Crippen molar-refractivity contribution in [2.75, 3.05) is 5.32 Å². The highest BCUT2D eigenvalue weighted by molar-refractivity contribution is 6.07. The summed E-state index contributed by atoms with van der Waals surface area (Å²) in [5.41, 5.74) is 1.85. The maximum Gasteiger partial charge on any atom is 0.322 e. The maximum atomic E-state index is 12.4. The van der Waals surface area contributed by atoms with Gasteiger partial charge in [-0.15, -0.1) is 10.2 Å². The average molecular weight is 419 g/mol. The van der Waals surface area contributed by atoms with E-state index in [1.54, 1.807) is 31.2 Å². The molecular formula is C22H21N5O4. The minimum atomic E-state index is -1.19. The predicted molar refractivity (Wildman–Crippen MR) is 112 cm³/mol. The van der Waals surface area contributed by atoms with Gasteiger partial charge >= 0.3 is 6.03 Å². The molecule has 0 aliphatic carbocycles. The highest BCUT2D eigenvalue weighted by atomic mass is 16.4. The first kappa shape index (κ1) is 20.3.